The zero-order valence-electron chi connectivity index (χ0n) is 11.9. The predicted molar refractivity (Wildman–Crippen MR) is 78.8 cm³/mol. The van der Waals surface area contributed by atoms with Crippen molar-refractivity contribution in [2.75, 3.05) is 25.0 Å². The van der Waals surface area contributed by atoms with E-state index >= 15 is 0 Å². The number of anilines is 1. The van der Waals surface area contributed by atoms with Crippen LogP contribution in [0.15, 0.2) is 18.2 Å². The summed E-state index contributed by atoms with van der Waals surface area (Å²) in [4.78, 5) is 23.7. The van der Waals surface area contributed by atoms with Gasteiger partial charge in [0.05, 0.1) is 10.5 Å². The van der Waals surface area contributed by atoms with Crippen LogP contribution in [0, 0.1) is 10.1 Å². The lowest BCUT2D eigenvalue weighted by molar-refractivity contribution is -0.384. The number of carbonyl (C=O) groups is 1. The van der Waals surface area contributed by atoms with Crippen molar-refractivity contribution in [3.8, 4) is 0 Å². The third-order valence-corrected chi connectivity index (χ3v) is 3.80. The van der Waals surface area contributed by atoms with Crippen molar-refractivity contribution in [2.45, 2.75) is 25.8 Å². The number of nitrogens with zero attached hydrogens (tertiary/aromatic N) is 2. The maximum Gasteiger partial charge on any atom is 0.338 e. The number of aromatic carboxylic acids is 1. The number of hydrogen-bond acceptors (Lipinski definition) is 5. The molecular formula is C14H19N3O4. The van der Waals surface area contributed by atoms with Gasteiger partial charge in [-0.25, -0.2) is 4.79 Å². The van der Waals surface area contributed by atoms with Gasteiger partial charge in [-0.1, -0.05) is 0 Å². The van der Waals surface area contributed by atoms with Crippen LogP contribution in [-0.2, 0) is 0 Å². The average Bonchev–Trinajstić information content (AvgIpc) is 2.98. The molecule has 7 nitrogen and oxygen atoms in total. The number of non-ortho nitro benzene ring substituents is 1. The SMILES string of the molecule is CC(CNc1ccc([N+](=O)[O-])cc1C(=O)O)N1CCCC1. The molecule has 1 unspecified atom stereocenters. The van der Waals surface area contributed by atoms with Crippen molar-refractivity contribution in [1.29, 1.82) is 0 Å². The lowest BCUT2D eigenvalue weighted by atomic mass is 10.1. The number of rotatable bonds is 6. The molecular weight excluding hydrogens is 274 g/mol. The number of likely N-dealkylation sites (tertiary alicyclic amines) is 1. The number of carboxylic acid groups (broad SMARTS) is 1. The summed E-state index contributed by atoms with van der Waals surface area (Å²) in [7, 11) is 0. The Morgan fingerprint density at radius 2 is 2.14 bits per heavy atom. The first-order valence-corrected chi connectivity index (χ1v) is 6.98. The molecule has 1 saturated heterocycles. The molecule has 0 aliphatic carbocycles. The molecule has 7 heteroatoms. The quantitative estimate of drug-likeness (QED) is 0.616. The second-order valence-corrected chi connectivity index (χ2v) is 5.27. The molecule has 0 spiro atoms. The minimum absolute atomic E-state index is 0.0715. The Morgan fingerprint density at radius 1 is 1.48 bits per heavy atom. The van der Waals surface area contributed by atoms with Crippen molar-refractivity contribution in [2.24, 2.45) is 0 Å². The molecule has 0 amide bonds. The van der Waals surface area contributed by atoms with Gasteiger partial charge in [-0.05, 0) is 38.9 Å². The highest BCUT2D eigenvalue weighted by atomic mass is 16.6. The van der Waals surface area contributed by atoms with E-state index in [1.165, 1.54) is 25.0 Å². The summed E-state index contributed by atoms with van der Waals surface area (Å²) in [5.74, 6) is -1.17. The number of carboxylic acids is 1. The molecule has 1 atom stereocenters. The maximum atomic E-state index is 11.2. The van der Waals surface area contributed by atoms with Crippen LogP contribution in [0.2, 0.25) is 0 Å². The normalized spacial score (nSPS) is 16.6. The number of hydrogen-bond donors (Lipinski definition) is 2. The Hall–Kier alpha value is -2.15. The molecule has 1 aliphatic heterocycles. The van der Waals surface area contributed by atoms with Gasteiger partial charge in [0.25, 0.3) is 5.69 Å². The van der Waals surface area contributed by atoms with E-state index in [2.05, 4.69) is 17.1 Å². The molecule has 0 saturated carbocycles. The van der Waals surface area contributed by atoms with Crippen molar-refractivity contribution in [1.82, 2.24) is 4.90 Å². The minimum Gasteiger partial charge on any atom is -0.478 e. The summed E-state index contributed by atoms with van der Waals surface area (Å²) in [6.45, 7) is 4.83. The average molecular weight is 293 g/mol. The molecule has 0 radical (unpaired) electrons. The molecule has 21 heavy (non-hydrogen) atoms. The maximum absolute atomic E-state index is 11.2. The van der Waals surface area contributed by atoms with Crippen LogP contribution in [0.3, 0.4) is 0 Å². The van der Waals surface area contributed by atoms with Gasteiger partial charge >= 0.3 is 5.97 Å². The number of benzene rings is 1. The predicted octanol–water partition coefficient (Wildman–Crippen LogP) is 2.19. The molecule has 2 rings (SSSR count). The van der Waals surface area contributed by atoms with Crippen molar-refractivity contribution >= 4 is 17.3 Å². The van der Waals surface area contributed by atoms with E-state index in [9.17, 15) is 20.0 Å². The van der Waals surface area contributed by atoms with Crippen LogP contribution in [0.4, 0.5) is 11.4 Å². The van der Waals surface area contributed by atoms with Crippen LogP contribution < -0.4 is 5.32 Å². The van der Waals surface area contributed by atoms with E-state index in [0.29, 0.717) is 18.3 Å². The van der Waals surface area contributed by atoms with Gasteiger partial charge in [-0.3, -0.25) is 15.0 Å². The lowest BCUT2D eigenvalue weighted by Crippen LogP contribution is -2.35. The molecule has 0 bridgehead atoms. The van der Waals surface area contributed by atoms with Gasteiger partial charge < -0.3 is 10.4 Å². The highest BCUT2D eigenvalue weighted by Gasteiger charge is 2.20. The van der Waals surface area contributed by atoms with Crippen molar-refractivity contribution in [3.05, 3.63) is 33.9 Å². The first-order valence-electron chi connectivity index (χ1n) is 6.98. The van der Waals surface area contributed by atoms with Crippen molar-refractivity contribution in [3.63, 3.8) is 0 Å². The molecule has 1 aliphatic rings. The zero-order valence-corrected chi connectivity index (χ0v) is 11.9. The van der Waals surface area contributed by atoms with Gasteiger partial charge in [-0.2, -0.15) is 0 Å². The molecule has 1 aromatic rings. The molecule has 114 valence electrons. The van der Waals surface area contributed by atoms with E-state index in [0.717, 1.165) is 19.2 Å². The number of nitro benzene ring substituents is 1. The van der Waals surface area contributed by atoms with Crippen LogP contribution in [0.25, 0.3) is 0 Å². The highest BCUT2D eigenvalue weighted by Crippen LogP contribution is 2.22. The zero-order chi connectivity index (χ0) is 15.4. The molecule has 1 heterocycles. The van der Waals surface area contributed by atoms with Gasteiger partial charge in [0, 0.05) is 30.4 Å². The number of nitrogens with one attached hydrogen (secondary N) is 1. The molecule has 2 N–H and O–H groups in total. The minimum atomic E-state index is -1.17. The van der Waals surface area contributed by atoms with E-state index in [-0.39, 0.29) is 11.3 Å². The Balaban J connectivity index is 2.08. The topological polar surface area (TPSA) is 95.7 Å². The van der Waals surface area contributed by atoms with Crippen molar-refractivity contribution < 1.29 is 14.8 Å². The summed E-state index contributed by atoms with van der Waals surface area (Å²) < 4.78 is 0. The largest absolute Gasteiger partial charge is 0.478 e. The third-order valence-electron chi connectivity index (χ3n) is 3.80. The second-order valence-electron chi connectivity index (χ2n) is 5.27. The monoisotopic (exact) mass is 293 g/mol. The first kappa shape index (κ1) is 15.2. The van der Waals surface area contributed by atoms with Crippen LogP contribution in [0.5, 0.6) is 0 Å². The highest BCUT2D eigenvalue weighted by molar-refractivity contribution is 5.95. The van der Waals surface area contributed by atoms with Gasteiger partial charge in [0.15, 0.2) is 0 Å². The van der Waals surface area contributed by atoms with E-state index in [1.54, 1.807) is 0 Å². The fourth-order valence-corrected chi connectivity index (χ4v) is 2.55. The summed E-state index contributed by atoms with van der Waals surface area (Å²) in [6, 6.07) is 4.16. The van der Waals surface area contributed by atoms with Gasteiger partial charge in [-0.15, -0.1) is 0 Å². The van der Waals surface area contributed by atoms with Crippen LogP contribution in [0.1, 0.15) is 30.1 Å². The van der Waals surface area contributed by atoms with Gasteiger partial charge in [0.2, 0.25) is 0 Å². The number of nitro groups is 1. The summed E-state index contributed by atoms with van der Waals surface area (Å²) in [6.07, 6.45) is 2.39. The third kappa shape index (κ3) is 3.69. The van der Waals surface area contributed by atoms with E-state index < -0.39 is 10.9 Å². The molecule has 0 aromatic heterocycles. The van der Waals surface area contributed by atoms with E-state index in [1.807, 2.05) is 0 Å². The standard InChI is InChI=1S/C14H19N3O4/c1-10(16-6-2-3-7-16)9-15-13-5-4-11(17(20)21)8-12(13)14(18)19/h4-5,8,10,15H,2-3,6-7,9H2,1H3,(H,18,19). The summed E-state index contributed by atoms with van der Waals surface area (Å²) >= 11 is 0. The van der Waals surface area contributed by atoms with Crippen LogP contribution >= 0.6 is 0 Å². The Bertz CT molecular complexity index is 541. The molecule has 1 aromatic carbocycles. The Kier molecular flexibility index (Phi) is 4.74. The van der Waals surface area contributed by atoms with E-state index in [4.69, 9.17) is 0 Å². The second kappa shape index (κ2) is 6.53. The smallest absolute Gasteiger partial charge is 0.338 e. The fourth-order valence-electron chi connectivity index (χ4n) is 2.55. The first-order chi connectivity index (χ1) is 9.99. The summed E-state index contributed by atoms with van der Waals surface area (Å²) in [5.41, 5.74) is 0.127. The summed E-state index contributed by atoms with van der Waals surface area (Å²) in [5, 5.41) is 23.0. The van der Waals surface area contributed by atoms with Gasteiger partial charge in [0.1, 0.15) is 0 Å². The van der Waals surface area contributed by atoms with Crippen LogP contribution in [-0.4, -0.2) is 46.6 Å². The Labute approximate surface area is 122 Å². The lowest BCUT2D eigenvalue weighted by Gasteiger charge is -2.24. The molecule has 1 fully saturated rings. The fraction of sp³-hybridized carbons (Fsp3) is 0.500. The Morgan fingerprint density at radius 3 is 2.71 bits per heavy atom.